The second-order valence-corrected chi connectivity index (χ2v) is 4.71. The smallest absolute Gasteiger partial charge is 0.321 e. The van der Waals surface area contributed by atoms with Gasteiger partial charge in [0, 0.05) is 6.04 Å². The van der Waals surface area contributed by atoms with E-state index in [1.165, 1.54) is 0 Å². The molecular formula is C14H24N2O3. The van der Waals surface area contributed by atoms with Crippen LogP contribution in [0.15, 0.2) is 37.0 Å². The molecular weight excluding hydrogens is 244 g/mol. The first-order valence-corrected chi connectivity index (χ1v) is 6.20. The summed E-state index contributed by atoms with van der Waals surface area (Å²) in [7, 11) is 0. The maximum Gasteiger partial charge on any atom is 0.321 e. The highest BCUT2D eigenvalue weighted by Gasteiger charge is 2.25. The molecule has 0 rings (SSSR count). The van der Waals surface area contributed by atoms with E-state index >= 15 is 0 Å². The van der Waals surface area contributed by atoms with Gasteiger partial charge in [-0.15, -0.1) is 0 Å². The first-order chi connectivity index (χ1) is 8.83. The highest BCUT2D eigenvalue weighted by atomic mass is 16.4. The van der Waals surface area contributed by atoms with Crippen molar-refractivity contribution < 1.29 is 15.0 Å². The standard InChI is InChI=1S/C14H24N2O3/c1-5-7-10(6-2)8-11(14(18)19)16-13(17)12(15)9(3)4/h5-7,9,11-13,16-17H,1-2,8,15H2,3-4H3,(H,18,19)/b10-7+. The number of hydrogen-bond donors (Lipinski definition) is 4. The van der Waals surface area contributed by atoms with E-state index in [9.17, 15) is 9.90 Å². The van der Waals surface area contributed by atoms with Gasteiger partial charge in [0.25, 0.3) is 0 Å². The van der Waals surface area contributed by atoms with E-state index in [1.807, 2.05) is 13.8 Å². The largest absolute Gasteiger partial charge is 0.480 e. The molecule has 0 heterocycles. The number of rotatable bonds is 9. The molecule has 0 aromatic carbocycles. The lowest BCUT2D eigenvalue weighted by atomic mass is 10.0. The maximum atomic E-state index is 11.2. The number of aliphatic hydroxyl groups excluding tert-OH is 1. The van der Waals surface area contributed by atoms with E-state index in [2.05, 4.69) is 18.5 Å². The number of hydrogen-bond acceptors (Lipinski definition) is 4. The minimum atomic E-state index is -1.07. The van der Waals surface area contributed by atoms with Crippen LogP contribution < -0.4 is 11.1 Å². The Morgan fingerprint density at radius 1 is 1.42 bits per heavy atom. The molecule has 0 aliphatic carbocycles. The number of aliphatic hydroxyl groups is 1. The molecule has 0 saturated heterocycles. The number of carboxylic acid groups (broad SMARTS) is 1. The Balaban J connectivity index is 4.75. The average molecular weight is 268 g/mol. The van der Waals surface area contributed by atoms with Gasteiger partial charge >= 0.3 is 5.97 Å². The molecule has 5 heteroatoms. The topological polar surface area (TPSA) is 95.6 Å². The molecule has 0 spiro atoms. The summed E-state index contributed by atoms with van der Waals surface area (Å²) in [4.78, 5) is 11.2. The molecule has 0 aromatic heterocycles. The molecule has 3 unspecified atom stereocenters. The van der Waals surface area contributed by atoms with Crippen molar-refractivity contribution in [1.29, 1.82) is 0 Å². The van der Waals surface area contributed by atoms with E-state index in [4.69, 9.17) is 10.8 Å². The molecule has 0 fully saturated rings. The van der Waals surface area contributed by atoms with Crippen LogP contribution in [0.2, 0.25) is 0 Å². The van der Waals surface area contributed by atoms with E-state index in [-0.39, 0.29) is 12.3 Å². The van der Waals surface area contributed by atoms with Crippen LogP contribution in [0.5, 0.6) is 0 Å². The second-order valence-electron chi connectivity index (χ2n) is 4.71. The van der Waals surface area contributed by atoms with Crippen molar-refractivity contribution in [3.63, 3.8) is 0 Å². The molecule has 5 N–H and O–H groups in total. The number of aliphatic carboxylic acids is 1. The van der Waals surface area contributed by atoms with Gasteiger partial charge in [0.2, 0.25) is 0 Å². The molecule has 0 aliphatic heterocycles. The van der Waals surface area contributed by atoms with Crippen molar-refractivity contribution in [3.05, 3.63) is 37.0 Å². The monoisotopic (exact) mass is 268 g/mol. The summed E-state index contributed by atoms with van der Waals surface area (Å²) in [6.45, 7) is 10.9. The third-order valence-electron chi connectivity index (χ3n) is 2.84. The summed E-state index contributed by atoms with van der Waals surface area (Å²) in [6, 6.07) is -1.46. The predicted octanol–water partition coefficient (Wildman–Crippen LogP) is 1.02. The van der Waals surface area contributed by atoms with Gasteiger partial charge in [-0.2, -0.15) is 0 Å². The van der Waals surface area contributed by atoms with Gasteiger partial charge in [-0.05, 0) is 17.9 Å². The summed E-state index contributed by atoms with van der Waals surface area (Å²) in [5.41, 5.74) is 6.50. The zero-order valence-corrected chi connectivity index (χ0v) is 11.5. The summed E-state index contributed by atoms with van der Waals surface area (Å²) < 4.78 is 0. The first kappa shape index (κ1) is 17.6. The first-order valence-electron chi connectivity index (χ1n) is 6.20. The average Bonchev–Trinajstić information content (AvgIpc) is 2.35. The van der Waals surface area contributed by atoms with Crippen molar-refractivity contribution in [2.24, 2.45) is 11.7 Å². The predicted molar refractivity (Wildman–Crippen MR) is 76.5 cm³/mol. The molecule has 0 aromatic rings. The Hall–Kier alpha value is -1.43. The number of carboxylic acids is 1. The van der Waals surface area contributed by atoms with Gasteiger partial charge in [0.05, 0.1) is 0 Å². The summed E-state index contributed by atoms with van der Waals surface area (Å²) >= 11 is 0. The van der Waals surface area contributed by atoms with Crippen LogP contribution in [0.4, 0.5) is 0 Å². The maximum absolute atomic E-state index is 11.2. The van der Waals surface area contributed by atoms with Crippen molar-refractivity contribution >= 4 is 5.97 Å². The minimum Gasteiger partial charge on any atom is -0.480 e. The van der Waals surface area contributed by atoms with Crippen molar-refractivity contribution in [3.8, 4) is 0 Å². The highest BCUT2D eigenvalue weighted by molar-refractivity contribution is 5.74. The SMILES string of the molecule is C=C/C=C(\C=C)CC(NC(O)C(N)C(C)C)C(=O)O. The molecule has 0 radical (unpaired) electrons. The summed E-state index contributed by atoms with van der Waals surface area (Å²) in [5, 5.41) is 21.6. The van der Waals surface area contributed by atoms with Crippen molar-refractivity contribution in [2.45, 2.75) is 38.6 Å². The van der Waals surface area contributed by atoms with Crippen molar-refractivity contribution in [1.82, 2.24) is 5.32 Å². The zero-order chi connectivity index (χ0) is 15.0. The van der Waals surface area contributed by atoms with Crippen LogP contribution in [0.1, 0.15) is 20.3 Å². The Labute approximate surface area is 114 Å². The second kappa shape index (κ2) is 8.63. The number of nitrogens with one attached hydrogen (secondary N) is 1. The van der Waals surface area contributed by atoms with E-state index in [0.717, 1.165) is 5.57 Å². The summed E-state index contributed by atoms with van der Waals surface area (Å²) in [6.07, 6.45) is 3.93. The number of nitrogens with two attached hydrogens (primary N) is 1. The van der Waals surface area contributed by atoms with Crippen molar-refractivity contribution in [2.75, 3.05) is 0 Å². The van der Waals surface area contributed by atoms with Gasteiger partial charge in [-0.25, -0.2) is 0 Å². The van der Waals surface area contributed by atoms with Gasteiger partial charge in [0.1, 0.15) is 12.3 Å². The Morgan fingerprint density at radius 2 is 2.00 bits per heavy atom. The van der Waals surface area contributed by atoms with Crippen LogP contribution in [0.3, 0.4) is 0 Å². The Morgan fingerprint density at radius 3 is 2.37 bits per heavy atom. The lowest BCUT2D eigenvalue weighted by molar-refractivity contribution is -0.140. The third-order valence-corrected chi connectivity index (χ3v) is 2.84. The van der Waals surface area contributed by atoms with Gasteiger partial charge in [-0.1, -0.05) is 45.2 Å². The van der Waals surface area contributed by atoms with Crippen LogP contribution >= 0.6 is 0 Å². The lowest BCUT2D eigenvalue weighted by Gasteiger charge is -2.26. The van der Waals surface area contributed by atoms with Gasteiger partial charge in [0.15, 0.2) is 0 Å². The highest BCUT2D eigenvalue weighted by Crippen LogP contribution is 2.10. The van der Waals surface area contributed by atoms with Crippen LogP contribution in [0.25, 0.3) is 0 Å². The number of allylic oxidation sites excluding steroid dienone is 3. The Bertz CT molecular complexity index is 351. The fourth-order valence-electron chi connectivity index (χ4n) is 1.51. The Kier molecular flexibility index (Phi) is 7.98. The third kappa shape index (κ3) is 6.33. The molecule has 0 amide bonds. The molecule has 0 saturated carbocycles. The molecule has 19 heavy (non-hydrogen) atoms. The molecule has 3 atom stereocenters. The van der Waals surface area contributed by atoms with E-state index in [1.54, 1.807) is 18.2 Å². The fraction of sp³-hybridized carbons (Fsp3) is 0.500. The lowest BCUT2D eigenvalue weighted by Crippen LogP contribution is -2.53. The quantitative estimate of drug-likeness (QED) is 0.370. The zero-order valence-electron chi connectivity index (χ0n) is 11.5. The summed E-state index contributed by atoms with van der Waals surface area (Å²) in [5.74, 6) is -1.01. The molecule has 5 nitrogen and oxygen atoms in total. The van der Waals surface area contributed by atoms with E-state index < -0.39 is 24.3 Å². The fourth-order valence-corrected chi connectivity index (χ4v) is 1.51. The normalized spacial score (nSPS) is 16.8. The van der Waals surface area contributed by atoms with Crippen LogP contribution in [-0.4, -0.2) is 34.5 Å². The van der Waals surface area contributed by atoms with Crippen LogP contribution in [-0.2, 0) is 4.79 Å². The number of carbonyl (C=O) groups is 1. The minimum absolute atomic E-state index is 0.0412. The van der Waals surface area contributed by atoms with Gasteiger partial charge in [-0.3, -0.25) is 10.1 Å². The van der Waals surface area contributed by atoms with Gasteiger partial charge < -0.3 is 15.9 Å². The molecule has 108 valence electrons. The van der Waals surface area contributed by atoms with Crippen LogP contribution in [0, 0.1) is 5.92 Å². The molecule has 0 aliphatic rings. The van der Waals surface area contributed by atoms with E-state index in [0.29, 0.717) is 0 Å². The molecule has 0 bridgehead atoms.